The molecule has 0 bridgehead atoms. The van der Waals surface area contributed by atoms with Crippen LogP contribution in [0.15, 0.2) is 30.5 Å². The molecule has 0 aliphatic heterocycles. The highest BCUT2D eigenvalue weighted by Gasteiger charge is 2.05. The van der Waals surface area contributed by atoms with E-state index in [1.165, 1.54) is 0 Å². The van der Waals surface area contributed by atoms with Crippen molar-refractivity contribution in [2.24, 2.45) is 5.73 Å². The van der Waals surface area contributed by atoms with Gasteiger partial charge in [0.1, 0.15) is 5.82 Å². The summed E-state index contributed by atoms with van der Waals surface area (Å²) in [5, 5.41) is 8.96. The maximum Gasteiger partial charge on any atom is 0.316 e. The van der Waals surface area contributed by atoms with Crippen molar-refractivity contribution in [3.05, 3.63) is 30.5 Å². The summed E-state index contributed by atoms with van der Waals surface area (Å²) in [5.74, 6) is 0.483. The maximum absolute atomic E-state index is 10.7. The molecule has 0 spiro atoms. The van der Waals surface area contributed by atoms with Crippen LogP contribution < -0.4 is 16.8 Å². The first-order valence-corrected chi connectivity index (χ1v) is 4.62. The molecule has 2 amide bonds. The molecular formula is C10H11N5O. The number of primary amides is 1. The first-order valence-electron chi connectivity index (χ1n) is 4.62. The third-order valence-electron chi connectivity index (χ3n) is 2.11. The quantitative estimate of drug-likeness (QED) is 0.605. The van der Waals surface area contributed by atoms with E-state index in [1.54, 1.807) is 24.4 Å². The van der Waals surface area contributed by atoms with E-state index in [2.05, 4.69) is 15.5 Å². The lowest BCUT2D eigenvalue weighted by Gasteiger charge is -2.04. The Hall–Kier alpha value is -2.50. The van der Waals surface area contributed by atoms with E-state index >= 15 is 0 Å². The van der Waals surface area contributed by atoms with Gasteiger partial charge in [0, 0.05) is 11.3 Å². The van der Waals surface area contributed by atoms with Crippen molar-refractivity contribution in [1.82, 2.24) is 10.2 Å². The number of carbonyl (C=O) groups is 1. The van der Waals surface area contributed by atoms with E-state index in [0.29, 0.717) is 11.5 Å². The average molecular weight is 217 g/mol. The zero-order chi connectivity index (χ0) is 11.5. The Labute approximate surface area is 91.6 Å². The van der Waals surface area contributed by atoms with Crippen molar-refractivity contribution in [3.8, 4) is 11.1 Å². The molecule has 6 nitrogen and oxygen atoms in total. The van der Waals surface area contributed by atoms with Gasteiger partial charge in [0.15, 0.2) is 0 Å². The zero-order valence-electron chi connectivity index (χ0n) is 8.40. The van der Waals surface area contributed by atoms with Gasteiger partial charge in [-0.25, -0.2) is 4.79 Å². The van der Waals surface area contributed by atoms with Crippen LogP contribution in [-0.4, -0.2) is 16.2 Å². The number of carbonyl (C=O) groups excluding carboxylic acids is 1. The van der Waals surface area contributed by atoms with Crippen LogP contribution in [0.2, 0.25) is 0 Å². The van der Waals surface area contributed by atoms with Crippen molar-refractivity contribution < 1.29 is 4.79 Å². The molecule has 6 N–H and O–H groups in total. The van der Waals surface area contributed by atoms with Crippen LogP contribution in [0.5, 0.6) is 0 Å². The molecule has 1 aromatic carbocycles. The summed E-state index contributed by atoms with van der Waals surface area (Å²) >= 11 is 0. The molecule has 0 atom stereocenters. The number of amides is 2. The molecule has 2 aromatic rings. The number of benzene rings is 1. The van der Waals surface area contributed by atoms with Crippen molar-refractivity contribution >= 4 is 17.5 Å². The monoisotopic (exact) mass is 217 g/mol. The molecular weight excluding hydrogens is 206 g/mol. The summed E-state index contributed by atoms with van der Waals surface area (Å²) in [4.78, 5) is 10.7. The highest BCUT2D eigenvalue weighted by atomic mass is 16.2. The van der Waals surface area contributed by atoms with Gasteiger partial charge in [0.05, 0.1) is 6.20 Å². The van der Waals surface area contributed by atoms with Gasteiger partial charge in [0.2, 0.25) is 0 Å². The largest absolute Gasteiger partial charge is 0.384 e. The molecule has 0 aliphatic rings. The number of hydrogen-bond donors (Lipinski definition) is 4. The van der Waals surface area contributed by atoms with E-state index < -0.39 is 6.03 Å². The van der Waals surface area contributed by atoms with Crippen LogP contribution in [0.1, 0.15) is 0 Å². The van der Waals surface area contributed by atoms with Gasteiger partial charge in [-0.15, -0.1) is 0 Å². The number of nitrogens with two attached hydrogens (primary N) is 2. The lowest BCUT2D eigenvalue weighted by Crippen LogP contribution is -2.19. The van der Waals surface area contributed by atoms with Gasteiger partial charge < -0.3 is 16.8 Å². The van der Waals surface area contributed by atoms with E-state index in [1.807, 2.05) is 6.07 Å². The SMILES string of the molecule is NC(=O)Nc1cccc(-c2cn[nH]c2N)c1. The number of H-pyrrole nitrogens is 1. The summed E-state index contributed by atoms with van der Waals surface area (Å²) in [6, 6.07) is 6.58. The topological polar surface area (TPSA) is 110 Å². The average Bonchev–Trinajstić information content (AvgIpc) is 2.64. The van der Waals surface area contributed by atoms with Gasteiger partial charge in [-0.3, -0.25) is 5.10 Å². The molecule has 0 saturated carbocycles. The Kier molecular flexibility index (Phi) is 2.47. The second kappa shape index (κ2) is 3.93. The van der Waals surface area contributed by atoms with Crippen LogP contribution in [-0.2, 0) is 0 Å². The Morgan fingerprint density at radius 1 is 1.44 bits per heavy atom. The smallest absolute Gasteiger partial charge is 0.316 e. The first-order chi connectivity index (χ1) is 7.66. The molecule has 0 fully saturated rings. The number of urea groups is 1. The zero-order valence-corrected chi connectivity index (χ0v) is 8.40. The summed E-state index contributed by atoms with van der Waals surface area (Å²) in [7, 11) is 0. The molecule has 0 unspecified atom stereocenters. The summed E-state index contributed by atoms with van der Waals surface area (Å²) in [6.45, 7) is 0. The normalized spacial score (nSPS) is 10.0. The summed E-state index contributed by atoms with van der Waals surface area (Å²) in [6.07, 6.45) is 1.62. The van der Waals surface area contributed by atoms with Crippen molar-refractivity contribution in [2.45, 2.75) is 0 Å². The van der Waals surface area contributed by atoms with Crippen LogP contribution in [0.4, 0.5) is 16.3 Å². The fourth-order valence-electron chi connectivity index (χ4n) is 1.43. The standard InChI is InChI=1S/C10H11N5O/c11-9-8(5-13-15-9)6-2-1-3-7(4-6)14-10(12)16/h1-5H,(H3,11,13,15)(H3,12,14,16). The lowest BCUT2D eigenvalue weighted by atomic mass is 10.1. The molecule has 0 radical (unpaired) electrons. The number of nitrogens with zero attached hydrogens (tertiary/aromatic N) is 1. The number of nitrogen functional groups attached to an aromatic ring is 1. The summed E-state index contributed by atoms with van der Waals surface area (Å²) < 4.78 is 0. The third kappa shape index (κ3) is 1.95. The third-order valence-corrected chi connectivity index (χ3v) is 2.11. The van der Waals surface area contributed by atoms with E-state index in [0.717, 1.165) is 11.1 Å². The Balaban J connectivity index is 2.36. The second-order valence-electron chi connectivity index (χ2n) is 3.27. The molecule has 1 aromatic heterocycles. The number of hydrogen-bond acceptors (Lipinski definition) is 3. The Morgan fingerprint density at radius 3 is 2.88 bits per heavy atom. The van der Waals surface area contributed by atoms with Gasteiger partial charge in [-0.2, -0.15) is 5.10 Å². The van der Waals surface area contributed by atoms with Gasteiger partial charge in [0.25, 0.3) is 0 Å². The Morgan fingerprint density at radius 2 is 2.25 bits per heavy atom. The van der Waals surface area contributed by atoms with Crippen LogP contribution in [0.25, 0.3) is 11.1 Å². The van der Waals surface area contributed by atoms with Gasteiger partial charge in [-0.1, -0.05) is 12.1 Å². The predicted octanol–water partition coefficient (Wildman–Crippen LogP) is 1.15. The van der Waals surface area contributed by atoms with E-state index in [-0.39, 0.29) is 0 Å². The minimum atomic E-state index is -0.600. The minimum absolute atomic E-state index is 0.483. The van der Waals surface area contributed by atoms with Crippen LogP contribution >= 0.6 is 0 Å². The Bertz CT molecular complexity index is 519. The fraction of sp³-hybridized carbons (Fsp3) is 0. The van der Waals surface area contributed by atoms with Crippen molar-refractivity contribution in [2.75, 3.05) is 11.1 Å². The second-order valence-corrected chi connectivity index (χ2v) is 3.27. The predicted molar refractivity (Wildman–Crippen MR) is 61.6 cm³/mol. The number of aromatic nitrogens is 2. The summed E-state index contributed by atoms with van der Waals surface area (Å²) in [5.41, 5.74) is 13.0. The van der Waals surface area contributed by atoms with Crippen molar-refractivity contribution in [3.63, 3.8) is 0 Å². The lowest BCUT2D eigenvalue weighted by molar-refractivity contribution is 0.259. The van der Waals surface area contributed by atoms with E-state index in [4.69, 9.17) is 11.5 Å². The molecule has 82 valence electrons. The van der Waals surface area contributed by atoms with Gasteiger partial charge in [-0.05, 0) is 17.7 Å². The van der Waals surface area contributed by atoms with Gasteiger partial charge >= 0.3 is 6.03 Å². The highest BCUT2D eigenvalue weighted by Crippen LogP contribution is 2.25. The van der Waals surface area contributed by atoms with Crippen LogP contribution in [0.3, 0.4) is 0 Å². The number of nitrogens with one attached hydrogen (secondary N) is 2. The molecule has 1 heterocycles. The van der Waals surface area contributed by atoms with Crippen LogP contribution in [0, 0.1) is 0 Å². The molecule has 0 saturated heterocycles. The molecule has 16 heavy (non-hydrogen) atoms. The molecule has 0 aliphatic carbocycles. The molecule has 2 rings (SSSR count). The van der Waals surface area contributed by atoms with Crippen molar-refractivity contribution in [1.29, 1.82) is 0 Å². The molecule has 6 heteroatoms. The first kappa shape index (κ1) is 10.0. The number of rotatable bonds is 2. The maximum atomic E-state index is 10.7. The highest BCUT2D eigenvalue weighted by molar-refractivity contribution is 5.89. The van der Waals surface area contributed by atoms with E-state index in [9.17, 15) is 4.79 Å². The number of aromatic amines is 1. The fourth-order valence-corrected chi connectivity index (χ4v) is 1.43. The number of anilines is 2. The minimum Gasteiger partial charge on any atom is -0.384 e.